The summed E-state index contributed by atoms with van der Waals surface area (Å²) in [5.41, 5.74) is 0.337. The molecule has 3 N–H and O–H groups in total. The van der Waals surface area contributed by atoms with Crippen LogP contribution in [-0.4, -0.2) is 30.2 Å². The lowest BCUT2D eigenvalue weighted by Gasteiger charge is -2.17. The van der Waals surface area contributed by atoms with Crippen LogP contribution in [0.2, 0.25) is 0 Å². The lowest BCUT2D eigenvalue weighted by molar-refractivity contribution is -0.136. The molecule has 0 aromatic heterocycles. The van der Waals surface area contributed by atoms with Gasteiger partial charge in [-0.15, -0.1) is 0 Å². The number of nitrogens with one attached hydrogen (secondary N) is 2. The van der Waals surface area contributed by atoms with E-state index in [1.807, 2.05) is 0 Å². The van der Waals surface area contributed by atoms with Crippen LogP contribution in [0.4, 0.5) is 4.79 Å². The Kier molecular flexibility index (Phi) is 7.34. The third kappa shape index (κ3) is 12.7. The number of carbonyl (C=O) groups excluding carboxylic acids is 1. The quantitative estimate of drug-likeness (QED) is 0.599. The van der Waals surface area contributed by atoms with Crippen molar-refractivity contribution in [1.82, 2.24) is 10.6 Å². The normalized spacial score (nSPS) is 11.0. The topological polar surface area (TPSA) is 78.4 Å². The van der Waals surface area contributed by atoms with E-state index in [4.69, 9.17) is 5.11 Å². The molecule has 0 fully saturated rings. The zero-order valence-corrected chi connectivity index (χ0v) is 11.0. The summed E-state index contributed by atoms with van der Waals surface area (Å²) in [6, 6.07) is -0.290. The van der Waals surface area contributed by atoms with Gasteiger partial charge in [0.25, 0.3) is 0 Å². The fourth-order valence-electron chi connectivity index (χ4n) is 1.33. The van der Waals surface area contributed by atoms with Crippen LogP contribution in [0, 0.1) is 5.41 Å². The third-order valence-electron chi connectivity index (χ3n) is 2.26. The minimum absolute atomic E-state index is 0.0442. The maximum Gasteiger partial charge on any atom is 0.314 e. The number of hydrogen-bond acceptors (Lipinski definition) is 2. The van der Waals surface area contributed by atoms with Crippen LogP contribution in [0.15, 0.2) is 0 Å². The van der Waals surface area contributed by atoms with Crippen molar-refractivity contribution >= 4 is 12.0 Å². The Bertz CT molecular complexity index is 247. The second-order valence-corrected chi connectivity index (χ2v) is 5.34. The third-order valence-corrected chi connectivity index (χ3v) is 2.26. The van der Waals surface area contributed by atoms with Crippen LogP contribution < -0.4 is 10.6 Å². The molecular formula is C12H24N2O3. The lowest BCUT2D eigenvalue weighted by atomic mass is 9.90. The highest BCUT2D eigenvalue weighted by molar-refractivity contribution is 5.74. The number of aliphatic carboxylic acids is 1. The predicted molar refractivity (Wildman–Crippen MR) is 67.0 cm³/mol. The predicted octanol–water partition coefficient (Wildman–Crippen LogP) is 1.98. The molecule has 0 rings (SSSR count). The molecule has 17 heavy (non-hydrogen) atoms. The maximum atomic E-state index is 11.2. The summed E-state index contributed by atoms with van der Waals surface area (Å²) in [4.78, 5) is 21.4. The summed E-state index contributed by atoms with van der Waals surface area (Å²) in [7, 11) is 0. The molecule has 0 spiro atoms. The minimum atomic E-state index is -0.907. The van der Waals surface area contributed by atoms with Crippen molar-refractivity contribution in [1.29, 1.82) is 0 Å². The standard InChI is InChI=1S/C12H24N2O3/c1-12(2,3)7-4-5-8-13-11(17)14-9-6-10(15)16/h4-9H2,1-3H3,(H,15,16)(H2,13,14,17). The Balaban J connectivity index is 3.37. The number of carboxylic acid groups (broad SMARTS) is 1. The van der Waals surface area contributed by atoms with Gasteiger partial charge in [0, 0.05) is 13.1 Å². The van der Waals surface area contributed by atoms with E-state index in [2.05, 4.69) is 31.4 Å². The van der Waals surface area contributed by atoms with Gasteiger partial charge in [-0.25, -0.2) is 4.79 Å². The summed E-state index contributed by atoms with van der Waals surface area (Å²) in [6.45, 7) is 7.38. The monoisotopic (exact) mass is 244 g/mol. The number of carbonyl (C=O) groups is 2. The van der Waals surface area contributed by atoms with Crippen molar-refractivity contribution in [2.75, 3.05) is 13.1 Å². The van der Waals surface area contributed by atoms with E-state index in [1.54, 1.807) is 0 Å². The van der Waals surface area contributed by atoms with Crippen molar-refractivity contribution in [3.63, 3.8) is 0 Å². The van der Waals surface area contributed by atoms with Gasteiger partial charge in [-0.2, -0.15) is 0 Å². The summed E-state index contributed by atoms with van der Waals surface area (Å²) >= 11 is 0. The number of unbranched alkanes of at least 4 members (excludes halogenated alkanes) is 1. The second kappa shape index (κ2) is 7.92. The van der Waals surface area contributed by atoms with Crippen molar-refractivity contribution in [2.24, 2.45) is 5.41 Å². The van der Waals surface area contributed by atoms with E-state index in [0.717, 1.165) is 19.3 Å². The zero-order chi connectivity index (χ0) is 13.3. The van der Waals surface area contributed by atoms with Gasteiger partial charge in [-0.1, -0.05) is 27.2 Å². The molecule has 0 aliphatic heterocycles. The minimum Gasteiger partial charge on any atom is -0.481 e. The highest BCUT2D eigenvalue weighted by Gasteiger charge is 2.09. The van der Waals surface area contributed by atoms with Crippen LogP contribution in [-0.2, 0) is 4.79 Å². The average Bonchev–Trinajstić information content (AvgIpc) is 2.14. The molecule has 0 unspecified atom stereocenters. The molecule has 2 amide bonds. The summed E-state index contributed by atoms with van der Waals surface area (Å²) in [5.74, 6) is -0.907. The highest BCUT2D eigenvalue weighted by atomic mass is 16.4. The van der Waals surface area contributed by atoms with Crippen LogP contribution in [0.3, 0.4) is 0 Å². The van der Waals surface area contributed by atoms with Crippen molar-refractivity contribution in [2.45, 2.75) is 46.5 Å². The first-order valence-electron chi connectivity index (χ1n) is 6.05. The number of hydrogen-bond donors (Lipinski definition) is 3. The van der Waals surface area contributed by atoms with E-state index in [1.165, 1.54) is 0 Å². The molecule has 0 saturated heterocycles. The average molecular weight is 244 g/mol. The largest absolute Gasteiger partial charge is 0.481 e. The molecule has 0 saturated carbocycles. The summed E-state index contributed by atoms with van der Waals surface area (Å²) in [6.07, 6.45) is 3.12. The SMILES string of the molecule is CC(C)(C)CCCCNC(=O)NCCC(=O)O. The number of carboxylic acids is 1. The number of rotatable bonds is 7. The van der Waals surface area contributed by atoms with Crippen molar-refractivity contribution in [3.8, 4) is 0 Å². The van der Waals surface area contributed by atoms with Gasteiger partial charge in [0.1, 0.15) is 0 Å². The van der Waals surface area contributed by atoms with Crippen LogP contribution >= 0.6 is 0 Å². The number of amides is 2. The van der Waals surface area contributed by atoms with E-state index < -0.39 is 5.97 Å². The molecule has 0 aliphatic carbocycles. The highest BCUT2D eigenvalue weighted by Crippen LogP contribution is 2.20. The zero-order valence-electron chi connectivity index (χ0n) is 11.0. The molecule has 0 atom stereocenters. The second-order valence-electron chi connectivity index (χ2n) is 5.34. The van der Waals surface area contributed by atoms with Gasteiger partial charge in [-0.05, 0) is 18.3 Å². The van der Waals surface area contributed by atoms with E-state index in [9.17, 15) is 9.59 Å². The number of urea groups is 1. The Morgan fingerprint density at radius 2 is 1.65 bits per heavy atom. The van der Waals surface area contributed by atoms with Crippen molar-refractivity contribution < 1.29 is 14.7 Å². The lowest BCUT2D eigenvalue weighted by Crippen LogP contribution is -2.37. The molecule has 0 bridgehead atoms. The van der Waals surface area contributed by atoms with Gasteiger partial charge in [-0.3, -0.25) is 4.79 Å². The van der Waals surface area contributed by atoms with Crippen LogP contribution in [0.1, 0.15) is 46.5 Å². The van der Waals surface area contributed by atoms with Gasteiger partial charge in [0.15, 0.2) is 0 Å². The first-order chi connectivity index (χ1) is 7.81. The van der Waals surface area contributed by atoms with E-state index in [-0.39, 0.29) is 19.0 Å². The van der Waals surface area contributed by atoms with Gasteiger partial charge in [0.2, 0.25) is 0 Å². The first kappa shape index (κ1) is 15.7. The molecule has 5 nitrogen and oxygen atoms in total. The van der Waals surface area contributed by atoms with Crippen LogP contribution in [0.5, 0.6) is 0 Å². The fourth-order valence-corrected chi connectivity index (χ4v) is 1.33. The molecular weight excluding hydrogens is 220 g/mol. The van der Waals surface area contributed by atoms with Gasteiger partial charge >= 0.3 is 12.0 Å². The molecule has 0 aliphatic rings. The molecule has 100 valence electrons. The van der Waals surface area contributed by atoms with Crippen molar-refractivity contribution in [3.05, 3.63) is 0 Å². The molecule has 0 radical (unpaired) electrons. The maximum absolute atomic E-state index is 11.2. The summed E-state index contributed by atoms with van der Waals surface area (Å²) in [5, 5.41) is 13.6. The summed E-state index contributed by atoms with van der Waals surface area (Å²) < 4.78 is 0. The Hall–Kier alpha value is -1.26. The first-order valence-corrected chi connectivity index (χ1v) is 6.05. The van der Waals surface area contributed by atoms with Crippen LogP contribution in [0.25, 0.3) is 0 Å². The van der Waals surface area contributed by atoms with E-state index >= 15 is 0 Å². The molecule has 0 aromatic rings. The Labute approximate surface area is 103 Å². The van der Waals surface area contributed by atoms with Gasteiger partial charge in [0.05, 0.1) is 6.42 Å². The molecule has 0 heterocycles. The Morgan fingerprint density at radius 3 is 2.18 bits per heavy atom. The fraction of sp³-hybridized carbons (Fsp3) is 0.833. The molecule has 0 aromatic carbocycles. The molecule has 5 heteroatoms. The smallest absolute Gasteiger partial charge is 0.314 e. The van der Waals surface area contributed by atoms with Gasteiger partial charge < -0.3 is 15.7 Å². The Morgan fingerprint density at radius 1 is 1.06 bits per heavy atom. The van der Waals surface area contributed by atoms with E-state index in [0.29, 0.717) is 12.0 Å².